The largest absolute Gasteiger partial charge is 0.375 e. The zero-order chi connectivity index (χ0) is 16.8. The Morgan fingerprint density at radius 2 is 2.00 bits per heavy atom. The average Bonchev–Trinajstić information content (AvgIpc) is 2.51. The van der Waals surface area contributed by atoms with Gasteiger partial charge in [-0.05, 0) is 18.2 Å². The van der Waals surface area contributed by atoms with Crippen molar-refractivity contribution in [3.63, 3.8) is 0 Å². The summed E-state index contributed by atoms with van der Waals surface area (Å²) in [7, 11) is 1.49. The number of carbonyl (C=O) groups is 2. The maximum Gasteiger partial charge on any atom is 0.248 e. The summed E-state index contributed by atoms with van der Waals surface area (Å²) in [4.78, 5) is 27.3. The van der Waals surface area contributed by atoms with Crippen molar-refractivity contribution in [3.05, 3.63) is 28.5 Å². The van der Waals surface area contributed by atoms with Crippen molar-refractivity contribution in [1.29, 1.82) is 0 Å². The summed E-state index contributed by atoms with van der Waals surface area (Å²) in [6.07, 6.45) is 0. The topological polar surface area (TPSA) is 61.9 Å². The normalized spacial score (nSPS) is 15.5. The fourth-order valence-corrected chi connectivity index (χ4v) is 2.69. The molecule has 23 heavy (non-hydrogen) atoms. The number of methoxy groups -OCH3 is 1. The van der Waals surface area contributed by atoms with E-state index < -0.39 is 5.82 Å². The van der Waals surface area contributed by atoms with Crippen LogP contribution in [-0.2, 0) is 14.3 Å². The van der Waals surface area contributed by atoms with E-state index in [1.165, 1.54) is 19.2 Å². The fraction of sp³-hybridized carbons (Fsp3) is 0.467. The van der Waals surface area contributed by atoms with E-state index in [0.29, 0.717) is 30.7 Å². The minimum Gasteiger partial charge on any atom is -0.375 e. The van der Waals surface area contributed by atoms with Crippen LogP contribution in [0.5, 0.6) is 0 Å². The van der Waals surface area contributed by atoms with Crippen molar-refractivity contribution >= 4 is 33.4 Å². The Hall–Kier alpha value is -1.51. The van der Waals surface area contributed by atoms with Crippen LogP contribution in [0.15, 0.2) is 22.7 Å². The molecule has 0 radical (unpaired) electrons. The highest BCUT2D eigenvalue weighted by Gasteiger charge is 2.22. The summed E-state index contributed by atoms with van der Waals surface area (Å²) in [5, 5.41) is 2.56. The lowest BCUT2D eigenvalue weighted by atomic mass is 10.3. The van der Waals surface area contributed by atoms with Crippen molar-refractivity contribution in [2.24, 2.45) is 0 Å². The highest BCUT2D eigenvalue weighted by atomic mass is 79.9. The summed E-state index contributed by atoms with van der Waals surface area (Å²) in [6, 6.07) is 4.48. The number of rotatable bonds is 5. The Morgan fingerprint density at radius 3 is 2.61 bits per heavy atom. The van der Waals surface area contributed by atoms with Gasteiger partial charge in [0, 0.05) is 37.8 Å². The molecule has 2 amide bonds. The van der Waals surface area contributed by atoms with Crippen LogP contribution in [0.3, 0.4) is 0 Å². The Balaban J connectivity index is 1.79. The van der Waals surface area contributed by atoms with Gasteiger partial charge in [0.1, 0.15) is 12.4 Å². The summed E-state index contributed by atoms with van der Waals surface area (Å²) < 4.78 is 19.1. The van der Waals surface area contributed by atoms with Gasteiger partial charge in [0.25, 0.3) is 0 Å². The molecule has 0 aliphatic carbocycles. The molecule has 0 aromatic heterocycles. The van der Waals surface area contributed by atoms with Crippen LogP contribution in [0.4, 0.5) is 10.1 Å². The van der Waals surface area contributed by atoms with E-state index in [1.54, 1.807) is 11.0 Å². The number of nitrogens with zero attached hydrogens (tertiary/aromatic N) is 2. The molecule has 0 unspecified atom stereocenters. The maximum atomic E-state index is 13.7. The molecular formula is C15H19BrFN3O3. The molecule has 1 heterocycles. The molecule has 1 aliphatic heterocycles. The molecule has 2 rings (SSSR count). The third kappa shape index (κ3) is 5.26. The molecule has 1 aromatic carbocycles. The molecule has 8 heteroatoms. The van der Waals surface area contributed by atoms with Gasteiger partial charge in [0.15, 0.2) is 0 Å². The summed E-state index contributed by atoms with van der Waals surface area (Å²) in [6.45, 7) is 2.56. The molecule has 1 aromatic rings. The van der Waals surface area contributed by atoms with Gasteiger partial charge < -0.3 is 15.0 Å². The van der Waals surface area contributed by atoms with Crippen molar-refractivity contribution in [2.45, 2.75) is 0 Å². The third-order valence-electron chi connectivity index (χ3n) is 3.57. The first kappa shape index (κ1) is 17.8. The van der Waals surface area contributed by atoms with Crippen LogP contribution in [0.1, 0.15) is 0 Å². The second-order valence-corrected chi connectivity index (χ2v) is 6.18. The van der Waals surface area contributed by atoms with E-state index >= 15 is 0 Å². The number of carbonyl (C=O) groups excluding carboxylic acids is 2. The number of amides is 2. The zero-order valence-corrected chi connectivity index (χ0v) is 14.4. The molecule has 0 spiro atoms. The van der Waals surface area contributed by atoms with Crippen LogP contribution in [-0.4, -0.2) is 68.1 Å². The molecule has 1 fully saturated rings. The first-order valence-electron chi connectivity index (χ1n) is 7.23. The predicted octanol–water partition coefficient (Wildman–Crippen LogP) is 1.32. The van der Waals surface area contributed by atoms with Crippen LogP contribution >= 0.6 is 15.9 Å². The summed E-state index contributed by atoms with van der Waals surface area (Å²) >= 11 is 3.17. The van der Waals surface area contributed by atoms with Gasteiger partial charge >= 0.3 is 0 Å². The summed E-state index contributed by atoms with van der Waals surface area (Å²) in [5.41, 5.74) is 0.159. The lowest BCUT2D eigenvalue weighted by molar-refractivity contribution is -0.137. The molecule has 126 valence electrons. The Bertz CT molecular complexity index is 577. The van der Waals surface area contributed by atoms with Crippen LogP contribution in [0, 0.1) is 5.82 Å². The van der Waals surface area contributed by atoms with Crippen LogP contribution in [0.25, 0.3) is 0 Å². The highest BCUT2D eigenvalue weighted by Crippen LogP contribution is 2.19. The SMILES string of the molecule is COCC(=O)N1CCN(CC(=O)Nc2ccc(Br)cc2F)CC1. The van der Waals surface area contributed by atoms with Gasteiger partial charge in [0.05, 0.1) is 12.2 Å². The molecule has 0 saturated carbocycles. The Kier molecular flexibility index (Phi) is 6.49. The number of hydrogen-bond acceptors (Lipinski definition) is 4. The third-order valence-corrected chi connectivity index (χ3v) is 4.06. The smallest absolute Gasteiger partial charge is 0.248 e. The maximum absolute atomic E-state index is 13.7. The number of anilines is 1. The number of hydrogen-bond donors (Lipinski definition) is 1. The monoisotopic (exact) mass is 387 g/mol. The first-order chi connectivity index (χ1) is 11.0. The second kappa shape index (κ2) is 8.37. The zero-order valence-electron chi connectivity index (χ0n) is 12.8. The van der Waals surface area contributed by atoms with Crippen molar-refractivity contribution < 1.29 is 18.7 Å². The molecule has 0 atom stereocenters. The molecule has 1 saturated heterocycles. The van der Waals surface area contributed by atoms with Gasteiger partial charge in [-0.3, -0.25) is 14.5 Å². The van der Waals surface area contributed by atoms with Gasteiger partial charge in [-0.25, -0.2) is 4.39 Å². The van der Waals surface area contributed by atoms with Gasteiger partial charge in [-0.1, -0.05) is 15.9 Å². The molecule has 6 nitrogen and oxygen atoms in total. The van der Waals surface area contributed by atoms with Crippen LogP contribution < -0.4 is 5.32 Å². The second-order valence-electron chi connectivity index (χ2n) is 5.26. The molecule has 0 bridgehead atoms. The first-order valence-corrected chi connectivity index (χ1v) is 8.03. The average molecular weight is 388 g/mol. The van der Waals surface area contributed by atoms with E-state index in [4.69, 9.17) is 4.74 Å². The van der Waals surface area contributed by atoms with Crippen molar-refractivity contribution in [2.75, 3.05) is 51.8 Å². The van der Waals surface area contributed by atoms with Gasteiger partial charge in [0.2, 0.25) is 11.8 Å². The number of benzene rings is 1. The van der Waals surface area contributed by atoms with E-state index in [1.807, 2.05) is 4.90 Å². The summed E-state index contributed by atoms with van der Waals surface area (Å²) in [5.74, 6) is -0.806. The molecular weight excluding hydrogens is 369 g/mol. The van der Waals surface area contributed by atoms with Crippen LogP contribution in [0.2, 0.25) is 0 Å². The molecule has 1 N–H and O–H groups in total. The standard InChI is InChI=1S/C15H19BrFN3O3/c1-23-10-15(22)20-6-4-19(5-7-20)9-14(21)18-13-3-2-11(16)8-12(13)17/h2-3,8H,4-7,9-10H2,1H3,(H,18,21). The van der Waals surface area contributed by atoms with E-state index in [0.717, 1.165) is 0 Å². The van der Waals surface area contributed by atoms with Gasteiger partial charge in [-0.2, -0.15) is 0 Å². The number of nitrogens with one attached hydrogen (secondary N) is 1. The van der Waals surface area contributed by atoms with E-state index in [9.17, 15) is 14.0 Å². The minimum absolute atomic E-state index is 0.0477. The lowest BCUT2D eigenvalue weighted by Gasteiger charge is -2.34. The van der Waals surface area contributed by atoms with E-state index in [2.05, 4.69) is 21.2 Å². The van der Waals surface area contributed by atoms with Crippen molar-refractivity contribution in [1.82, 2.24) is 9.80 Å². The minimum atomic E-state index is -0.484. The predicted molar refractivity (Wildman–Crippen MR) is 87.6 cm³/mol. The highest BCUT2D eigenvalue weighted by molar-refractivity contribution is 9.10. The lowest BCUT2D eigenvalue weighted by Crippen LogP contribution is -2.51. The fourth-order valence-electron chi connectivity index (χ4n) is 2.35. The number of ether oxygens (including phenoxy) is 1. The van der Waals surface area contributed by atoms with Crippen molar-refractivity contribution in [3.8, 4) is 0 Å². The molecule has 1 aliphatic rings. The van der Waals surface area contributed by atoms with Gasteiger partial charge in [-0.15, -0.1) is 0 Å². The van der Waals surface area contributed by atoms with E-state index in [-0.39, 0.29) is 30.7 Å². The quantitative estimate of drug-likeness (QED) is 0.827. The number of halogens is 2. The Morgan fingerprint density at radius 1 is 1.30 bits per heavy atom. The number of piperazine rings is 1. The Labute approximate surface area is 142 Å².